The van der Waals surface area contributed by atoms with Crippen molar-refractivity contribution in [2.45, 2.75) is 26.1 Å². The van der Waals surface area contributed by atoms with Gasteiger partial charge in [0.25, 0.3) is 11.1 Å². The summed E-state index contributed by atoms with van der Waals surface area (Å²) in [7, 11) is 1.87. The molecule has 3 aromatic carbocycles. The monoisotopic (exact) mass is 451 g/mol. The van der Waals surface area contributed by atoms with Gasteiger partial charge in [0.15, 0.2) is 7.05 Å². The van der Waals surface area contributed by atoms with E-state index in [4.69, 9.17) is 10.00 Å². The lowest BCUT2D eigenvalue weighted by molar-refractivity contribution is -0.718. The minimum atomic E-state index is -0.0203. The van der Waals surface area contributed by atoms with Crippen LogP contribution in [0.4, 0.5) is 5.69 Å². The molecule has 0 radical (unpaired) electrons. The number of fused-ring (bicyclic) bond motifs is 1. The highest BCUT2D eigenvalue weighted by molar-refractivity contribution is 5.94. The second kappa shape index (κ2) is 8.77. The molecule has 1 aliphatic heterocycles. The molecule has 0 amide bonds. The summed E-state index contributed by atoms with van der Waals surface area (Å²) >= 11 is 0. The fraction of sp³-hybridized carbons (Fsp3) is 0.250. The van der Waals surface area contributed by atoms with E-state index in [2.05, 4.69) is 42.0 Å². The van der Waals surface area contributed by atoms with Gasteiger partial charge in [-0.2, -0.15) is 10.4 Å². The van der Waals surface area contributed by atoms with Crippen molar-refractivity contribution < 1.29 is 9.42 Å². The molecule has 1 saturated heterocycles. The van der Waals surface area contributed by atoms with Gasteiger partial charge in [0.05, 0.1) is 34.8 Å². The van der Waals surface area contributed by atoms with Crippen LogP contribution in [0, 0.1) is 11.3 Å². The summed E-state index contributed by atoms with van der Waals surface area (Å²) in [6.07, 6.45) is 0.379. The maximum atomic E-state index is 13.6. The summed E-state index contributed by atoms with van der Waals surface area (Å²) in [5, 5.41) is 13.1. The highest BCUT2D eigenvalue weighted by Crippen LogP contribution is 2.27. The average Bonchev–Trinajstić information content (AvgIpc) is 2.84. The summed E-state index contributed by atoms with van der Waals surface area (Å²) in [5.41, 5.74) is 5.85. The third kappa shape index (κ3) is 3.95. The maximum absolute atomic E-state index is 13.6. The normalized spacial score (nSPS) is 18.1. The number of benzene rings is 3. The first-order chi connectivity index (χ1) is 16.4. The van der Waals surface area contributed by atoms with E-state index in [0.29, 0.717) is 16.6 Å². The van der Waals surface area contributed by atoms with E-state index in [0.717, 1.165) is 41.0 Å². The standard InChI is InChI=1S/C28H26N4O2/c1-18-16-32(17-19(2)34-18)23-13-11-22(12-14-23)27-28(33)25-6-4-5-24(26(25)30-31(27)3)21-9-7-20(15-29)8-10-21/h4-14,18-19H,16-17H2,1-3H3/p+1/t18-,19+. The Bertz CT molecular complexity index is 1440. The molecule has 5 rings (SSSR count). The van der Waals surface area contributed by atoms with Crippen LogP contribution in [-0.4, -0.2) is 30.4 Å². The number of aromatic amines is 1. The maximum Gasteiger partial charge on any atom is 0.284 e. The van der Waals surface area contributed by atoms with Crippen molar-refractivity contribution in [3.63, 3.8) is 0 Å². The number of H-pyrrole nitrogens is 1. The Labute approximate surface area is 198 Å². The molecule has 1 aromatic heterocycles. The topological polar surface area (TPSA) is 73.0 Å². The fourth-order valence-corrected chi connectivity index (χ4v) is 4.87. The van der Waals surface area contributed by atoms with Gasteiger partial charge < -0.3 is 9.64 Å². The summed E-state index contributed by atoms with van der Waals surface area (Å²) < 4.78 is 7.65. The van der Waals surface area contributed by atoms with Crippen molar-refractivity contribution in [3.05, 3.63) is 82.5 Å². The summed E-state index contributed by atoms with van der Waals surface area (Å²) in [5.74, 6) is 0. The molecule has 0 spiro atoms. The van der Waals surface area contributed by atoms with E-state index >= 15 is 0 Å². The zero-order valence-electron chi connectivity index (χ0n) is 19.6. The number of hydrogen-bond donors (Lipinski definition) is 1. The van der Waals surface area contributed by atoms with Crippen LogP contribution in [0.1, 0.15) is 19.4 Å². The number of anilines is 1. The van der Waals surface area contributed by atoms with Crippen molar-refractivity contribution in [2.24, 2.45) is 7.05 Å². The number of rotatable bonds is 3. The minimum Gasteiger partial charge on any atom is -0.372 e. The highest BCUT2D eigenvalue weighted by Gasteiger charge is 2.24. The largest absolute Gasteiger partial charge is 0.372 e. The predicted molar refractivity (Wildman–Crippen MR) is 134 cm³/mol. The van der Waals surface area contributed by atoms with Crippen LogP contribution in [0.5, 0.6) is 0 Å². The molecule has 1 aliphatic rings. The van der Waals surface area contributed by atoms with Crippen molar-refractivity contribution >= 4 is 16.6 Å². The molecule has 4 aromatic rings. The molecule has 170 valence electrons. The molecular formula is C28H27N4O2+. The molecule has 0 saturated carbocycles. The molecule has 6 nitrogen and oxygen atoms in total. The fourth-order valence-electron chi connectivity index (χ4n) is 4.87. The number of ether oxygens (including phenoxy) is 1. The van der Waals surface area contributed by atoms with Crippen molar-refractivity contribution in [2.75, 3.05) is 18.0 Å². The second-order valence-electron chi connectivity index (χ2n) is 8.98. The van der Waals surface area contributed by atoms with Gasteiger partial charge in [-0.1, -0.05) is 24.3 Å². The van der Waals surface area contributed by atoms with Crippen LogP contribution in [0.3, 0.4) is 0 Å². The van der Waals surface area contributed by atoms with Crippen LogP contribution in [0.25, 0.3) is 33.3 Å². The van der Waals surface area contributed by atoms with Crippen molar-refractivity contribution in [1.29, 1.82) is 5.26 Å². The van der Waals surface area contributed by atoms with E-state index in [1.54, 1.807) is 16.8 Å². The first-order valence-electron chi connectivity index (χ1n) is 11.5. The molecule has 2 heterocycles. The van der Waals surface area contributed by atoms with Crippen molar-refractivity contribution in [1.82, 2.24) is 5.10 Å². The smallest absolute Gasteiger partial charge is 0.284 e. The Morgan fingerprint density at radius 3 is 2.26 bits per heavy atom. The van der Waals surface area contributed by atoms with Crippen LogP contribution < -0.4 is 15.0 Å². The van der Waals surface area contributed by atoms with Gasteiger partial charge in [-0.15, -0.1) is 4.68 Å². The van der Waals surface area contributed by atoms with E-state index in [1.165, 1.54) is 0 Å². The van der Waals surface area contributed by atoms with Crippen LogP contribution in [0.2, 0.25) is 0 Å². The number of nitriles is 1. The summed E-state index contributed by atoms with van der Waals surface area (Å²) in [6.45, 7) is 5.90. The number of aryl methyl sites for hydroxylation is 1. The zero-order chi connectivity index (χ0) is 23.8. The number of para-hydroxylation sites is 1. The quantitative estimate of drug-likeness (QED) is 0.475. The second-order valence-corrected chi connectivity index (χ2v) is 8.98. The lowest BCUT2D eigenvalue weighted by Crippen LogP contribution is -2.45. The number of nitrogens with zero attached hydrogens (tertiary/aromatic N) is 3. The minimum absolute atomic E-state index is 0.0203. The number of hydrogen-bond acceptors (Lipinski definition) is 4. The van der Waals surface area contributed by atoms with Crippen LogP contribution >= 0.6 is 0 Å². The Morgan fingerprint density at radius 1 is 0.971 bits per heavy atom. The van der Waals surface area contributed by atoms with Gasteiger partial charge in [-0.3, -0.25) is 4.79 Å². The van der Waals surface area contributed by atoms with Crippen LogP contribution in [0.15, 0.2) is 71.5 Å². The van der Waals surface area contributed by atoms with E-state index in [1.807, 2.05) is 49.5 Å². The predicted octanol–water partition coefficient (Wildman–Crippen LogP) is 4.17. The molecule has 0 bridgehead atoms. The Hall–Kier alpha value is -3.95. The van der Waals surface area contributed by atoms with Gasteiger partial charge in [-0.05, 0) is 61.9 Å². The van der Waals surface area contributed by atoms with E-state index in [-0.39, 0.29) is 17.6 Å². The lowest BCUT2D eigenvalue weighted by atomic mass is 10.00. The van der Waals surface area contributed by atoms with Gasteiger partial charge in [-0.25, -0.2) is 0 Å². The lowest BCUT2D eigenvalue weighted by Gasteiger charge is -2.36. The van der Waals surface area contributed by atoms with E-state index < -0.39 is 0 Å². The molecule has 0 unspecified atom stereocenters. The molecule has 1 N–H and O–H groups in total. The molecule has 6 heteroatoms. The number of morpholine rings is 1. The Morgan fingerprint density at radius 2 is 1.62 bits per heavy atom. The summed E-state index contributed by atoms with van der Waals surface area (Å²) in [4.78, 5) is 15.9. The third-order valence-corrected chi connectivity index (χ3v) is 6.39. The first kappa shape index (κ1) is 21.9. The van der Waals surface area contributed by atoms with Crippen LogP contribution in [-0.2, 0) is 11.8 Å². The summed E-state index contributed by atoms with van der Waals surface area (Å²) in [6, 6.07) is 23.5. The Kier molecular flexibility index (Phi) is 5.64. The molecule has 1 fully saturated rings. The molecular weight excluding hydrogens is 424 g/mol. The first-order valence-corrected chi connectivity index (χ1v) is 11.5. The molecule has 2 atom stereocenters. The number of nitrogens with one attached hydrogen (secondary N) is 1. The van der Waals surface area contributed by atoms with E-state index in [9.17, 15) is 4.79 Å². The van der Waals surface area contributed by atoms with Crippen molar-refractivity contribution in [3.8, 4) is 28.5 Å². The van der Waals surface area contributed by atoms with Gasteiger partial charge in [0.1, 0.15) is 5.52 Å². The number of aromatic nitrogens is 2. The molecule has 0 aliphatic carbocycles. The van der Waals surface area contributed by atoms with Gasteiger partial charge >= 0.3 is 0 Å². The van der Waals surface area contributed by atoms with Gasteiger partial charge in [0, 0.05) is 24.3 Å². The molecule has 34 heavy (non-hydrogen) atoms. The average molecular weight is 452 g/mol. The van der Waals surface area contributed by atoms with Gasteiger partial charge in [0.2, 0.25) is 0 Å². The highest BCUT2D eigenvalue weighted by atomic mass is 16.5. The third-order valence-electron chi connectivity index (χ3n) is 6.39. The zero-order valence-corrected chi connectivity index (χ0v) is 19.6. The Balaban J connectivity index is 1.55. The SMILES string of the molecule is C[C@@H]1CN(c2ccc(-c3c(=O)c4cccc(-c5ccc(C#N)cc5)c4[nH][n+]3C)cc2)C[C@H](C)O1.